The second-order valence-electron chi connectivity index (χ2n) is 5.36. The number of hydrogen-bond donors (Lipinski definition) is 2. The Balaban J connectivity index is 1.75. The van der Waals surface area contributed by atoms with Gasteiger partial charge in [-0.1, -0.05) is 24.3 Å². The number of nitrogens with one attached hydrogen (secondary N) is 2. The molecule has 0 radical (unpaired) electrons. The number of benzene rings is 2. The lowest BCUT2D eigenvalue weighted by Crippen LogP contribution is -2.41. The van der Waals surface area contributed by atoms with Gasteiger partial charge in [0, 0.05) is 42.4 Å². The smallest absolute Gasteiger partial charge is 0.269 e. The second kappa shape index (κ2) is 8.98. The minimum atomic E-state index is -0.331. The van der Waals surface area contributed by atoms with E-state index in [9.17, 15) is 9.59 Å². The summed E-state index contributed by atoms with van der Waals surface area (Å²) in [6, 6.07) is 17.1. The van der Waals surface area contributed by atoms with Crippen LogP contribution in [0.2, 0.25) is 0 Å². The summed E-state index contributed by atoms with van der Waals surface area (Å²) in [6.45, 7) is 0. The highest BCUT2D eigenvalue weighted by Gasteiger charge is 2.08. The normalized spacial score (nSPS) is 10.1. The lowest BCUT2D eigenvalue weighted by Gasteiger charge is -2.13. The number of hydrazine groups is 1. The van der Waals surface area contributed by atoms with Crippen LogP contribution in [0.4, 0.5) is 5.69 Å². The summed E-state index contributed by atoms with van der Waals surface area (Å²) >= 11 is 1.61. The first-order chi connectivity index (χ1) is 11.6. The summed E-state index contributed by atoms with van der Waals surface area (Å²) in [6.07, 6.45) is 0.331. The van der Waals surface area contributed by atoms with Crippen molar-refractivity contribution in [3.05, 3.63) is 60.2 Å². The minimum Gasteiger partial charge on any atom is -0.378 e. The Hall–Kier alpha value is -2.47. The van der Waals surface area contributed by atoms with Crippen molar-refractivity contribution in [3.8, 4) is 0 Å². The standard InChI is InChI=1S/C18H21N3O2S/c1-21(2)15-8-6-7-14(13-15)18(23)20-19-17(22)11-12-24-16-9-4-3-5-10-16/h3-10,13H,11-12H2,1-2H3,(H,19,22)(H,20,23). The number of rotatable bonds is 6. The Morgan fingerprint density at radius 3 is 2.46 bits per heavy atom. The van der Waals surface area contributed by atoms with Gasteiger partial charge in [-0.25, -0.2) is 0 Å². The van der Waals surface area contributed by atoms with E-state index in [-0.39, 0.29) is 11.8 Å². The van der Waals surface area contributed by atoms with E-state index in [1.165, 1.54) is 0 Å². The highest BCUT2D eigenvalue weighted by atomic mass is 32.2. The number of thioether (sulfide) groups is 1. The van der Waals surface area contributed by atoms with Gasteiger partial charge in [-0.3, -0.25) is 20.4 Å². The molecule has 0 unspecified atom stereocenters. The van der Waals surface area contributed by atoms with E-state index in [2.05, 4.69) is 10.9 Å². The molecule has 6 heteroatoms. The zero-order chi connectivity index (χ0) is 17.4. The van der Waals surface area contributed by atoms with E-state index < -0.39 is 0 Å². The van der Waals surface area contributed by atoms with E-state index in [0.717, 1.165) is 10.6 Å². The first kappa shape index (κ1) is 17.9. The first-order valence-electron chi connectivity index (χ1n) is 7.60. The third kappa shape index (κ3) is 5.62. The Morgan fingerprint density at radius 2 is 1.75 bits per heavy atom. The van der Waals surface area contributed by atoms with E-state index in [0.29, 0.717) is 17.7 Å². The van der Waals surface area contributed by atoms with Gasteiger partial charge in [0.25, 0.3) is 5.91 Å². The molecule has 5 nitrogen and oxygen atoms in total. The SMILES string of the molecule is CN(C)c1cccc(C(=O)NNC(=O)CCSc2ccccc2)c1. The van der Waals surface area contributed by atoms with Crippen LogP contribution in [0.1, 0.15) is 16.8 Å². The van der Waals surface area contributed by atoms with Crippen molar-refractivity contribution in [1.29, 1.82) is 0 Å². The molecule has 126 valence electrons. The number of carbonyl (C=O) groups excluding carboxylic acids is 2. The summed E-state index contributed by atoms with van der Waals surface area (Å²) in [4.78, 5) is 26.9. The van der Waals surface area contributed by atoms with Crippen molar-refractivity contribution in [1.82, 2.24) is 10.9 Å². The van der Waals surface area contributed by atoms with E-state index >= 15 is 0 Å². The van der Waals surface area contributed by atoms with Crippen LogP contribution in [0.15, 0.2) is 59.5 Å². The molecule has 2 amide bonds. The molecule has 0 aromatic heterocycles. The van der Waals surface area contributed by atoms with Gasteiger partial charge in [0.2, 0.25) is 5.91 Å². The molecule has 2 rings (SSSR count). The maximum atomic E-state index is 12.1. The summed E-state index contributed by atoms with van der Waals surface area (Å²) in [5, 5.41) is 0. The maximum Gasteiger partial charge on any atom is 0.269 e. The first-order valence-corrected chi connectivity index (χ1v) is 8.59. The summed E-state index contributed by atoms with van der Waals surface area (Å²) in [5.41, 5.74) is 6.32. The maximum absolute atomic E-state index is 12.1. The van der Waals surface area contributed by atoms with Crippen LogP contribution in [-0.2, 0) is 4.79 Å². The predicted octanol–water partition coefficient (Wildman–Crippen LogP) is 2.70. The molecule has 2 aromatic carbocycles. The monoisotopic (exact) mass is 343 g/mol. The van der Waals surface area contributed by atoms with Crippen molar-refractivity contribution in [3.63, 3.8) is 0 Å². The molecule has 0 bridgehead atoms. The van der Waals surface area contributed by atoms with Crippen molar-refractivity contribution in [2.24, 2.45) is 0 Å². The van der Waals surface area contributed by atoms with Gasteiger partial charge in [-0.2, -0.15) is 0 Å². The molecule has 2 N–H and O–H groups in total. The summed E-state index contributed by atoms with van der Waals surface area (Å²) < 4.78 is 0. The molecule has 0 saturated heterocycles. The lowest BCUT2D eigenvalue weighted by molar-refractivity contribution is -0.121. The zero-order valence-electron chi connectivity index (χ0n) is 13.8. The zero-order valence-corrected chi connectivity index (χ0v) is 14.6. The highest BCUT2D eigenvalue weighted by Crippen LogP contribution is 2.17. The lowest BCUT2D eigenvalue weighted by atomic mass is 10.2. The number of hydrogen-bond acceptors (Lipinski definition) is 4. The van der Waals surface area contributed by atoms with Crippen LogP contribution in [0.3, 0.4) is 0 Å². The molecule has 0 saturated carbocycles. The molecular formula is C18H21N3O2S. The average molecular weight is 343 g/mol. The Bertz CT molecular complexity index is 690. The van der Waals surface area contributed by atoms with Gasteiger partial charge in [-0.05, 0) is 30.3 Å². The number of amides is 2. The third-order valence-electron chi connectivity index (χ3n) is 3.28. The number of anilines is 1. The van der Waals surface area contributed by atoms with Gasteiger partial charge >= 0.3 is 0 Å². The van der Waals surface area contributed by atoms with Crippen LogP contribution in [0.25, 0.3) is 0 Å². The topological polar surface area (TPSA) is 61.4 Å². The van der Waals surface area contributed by atoms with E-state index in [4.69, 9.17) is 0 Å². The third-order valence-corrected chi connectivity index (χ3v) is 4.29. The Morgan fingerprint density at radius 1 is 1.00 bits per heavy atom. The molecule has 0 aliphatic carbocycles. The molecule has 0 heterocycles. The molecule has 0 aliphatic heterocycles. The van der Waals surface area contributed by atoms with Crippen LogP contribution in [0.5, 0.6) is 0 Å². The average Bonchev–Trinajstić information content (AvgIpc) is 2.60. The number of nitrogens with zero attached hydrogens (tertiary/aromatic N) is 1. The molecule has 0 fully saturated rings. The molecule has 0 aliphatic rings. The van der Waals surface area contributed by atoms with Gasteiger partial charge in [-0.15, -0.1) is 11.8 Å². The summed E-state index contributed by atoms with van der Waals surface area (Å²) in [7, 11) is 3.81. The highest BCUT2D eigenvalue weighted by molar-refractivity contribution is 7.99. The largest absolute Gasteiger partial charge is 0.378 e. The van der Waals surface area contributed by atoms with Crippen molar-refractivity contribution in [2.45, 2.75) is 11.3 Å². The van der Waals surface area contributed by atoms with Gasteiger partial charge in [0.1, 0.15) is 0 Å². The fourth-order valence-corrected chi connectivity index (χ4v) is 2.84. The molecule has 2 aromatic rings. The molecule has 0 spiro atoms. The van der Waals surface area contributed by atoms with Crippen LogP contribution in [0, 0.1) is 0 Å². The minimum absolute atomic E-state index is 0.212. The van der Waals surface area contributed by atoms with Crippen LogP contribution >= 0.6 is 11.8 Å². The molecular weight excluding hydrogens is 322 g/mol. The molecule has 0 atom stereocenters. The van der Waals surface area contributed by atoms with E-state index in [1.54, 1.807) is 23.9 Å². The second-order valence-corrected chi connectivity index (χ2v) is 6.53. The van der Waals surface area contributed by atoms with Crippen molar-refractivity contribution in [2.75, 3.05) is 24.7 Å². The molecule has 24 heavy (non-hydrogen) atoms. The predicted molar refractivity (Wildman–Crippen MR) is 98.2 cm³/mol. The fourth-order valence-electron chi connectivity index (χ4n) is 1.96. The number of carbonyl (C=O) groups is 2. The summed E-state index contributed by atoms with van der Waals surface area (Å²) in [5.74, 6) is 0.111. The Labute approximate surface area is 146 Å². The fraction of sp³-hybridized carbons (Fsp3) is 0.222. The van der Waals surface area contributed by atoms with Crippen LogP contribution < -0.4 is 15.8 Å². The quantitative estimate of drug-likeness (QED) is 0.625. The van der Waals surface area contributed by atoms with Gasteiger partial charge < -0.3 is 4.90 Å². The van der Waals surface area contributed by atoms with Gasteiger partial charge in [0.05, 0.1) is 0 Å². The van der Waals surface area contributed by atoms with Crippen LogP contribution in [-0.4, -0.2) is 31.7 Å². The van der Waals surface area contributed by atoms with Crippen molar-refractivity contribution < 1.29 is 9.59 Å². The van der Waals surface area contributed by atoms with Gasteiger partial charge in [0.15, 0.2) is 0 Å². The van der Waals surface area contributed by atoms with E-state index in [1.807, 2.05) is 61.5 Å². The van der Waals surface area contributed by atoms with Crippen molar-refractivity contribution >= 4 is 29.3 Å². The Kier molecular flexibility index (Phi) is 6.69.